The number of hydrogen-bond donors (Lipinski definition) is 1. The summed E-state index contributed by atoms with van der Waals surface area (Å²) in [6.45, 7) is 9.24. The molecule has 2 unspecified atom stereocenters. The number of hydrogen-bond acceptors (Lipinski definition) is 2. The van der Waals surface area contributed by atoms with Gasteiger partial charge in [0.15, 0.2) is 0 Å². The molecule has 2 rings (SSSR count). The average Bonchev–Trinajstić information content (AvgIpc) is 2.79. The second-order valence-electron chi connectivity index (χ2n) is 5.37. The number of likely N-dealkylation sites (tertiary alicyclic amines) is 1. The summed E-state index contributed by atoms with van der Waals surface area (Å²) in [4.78, 5) is 2.55. The van der Waals surface area contributed by atoms with E-state index in [2.05, 4.69) is 61.3 Å². The monoisotopic (exact) mass is 232 g/mol. The first kappa shape index (κ1) is 12.6. The molecular formula is C15H24N2. The zero-order valence-electron chi connectivity index (χ0n) is 11.2. The van der Waals surface area contributed by atoms with E-state index in [1.807, 2.05) is 0 Å². The first-order chi connectivity index (χ1) is 8.16. The maximum Gasteiger partial charge on any atom is 0.0294 e. The van der Waals surface area contributed by atoms with Gasteiger partial charge in [-0.15, -0.1) is 0 Å². The highest BCUT2D eigenvalue weighted by molar-refractivity contribution is 5.18. The number of benzene rings is 1. The van der Waals surface area contributed by atoms with Crippen LogP contribution >= 0.6 is 0 Å². The molecule has 1 fully saturated rings. The SMILES string of the molecule is CC(NC1CCN(C(C)C)C1)c1ccccc1. The van der Waals surface area contributed by atoms with Gasteiger partial charge in [-0.1, -0.05) is 30.3 Å². The smallest absolute Gasteiger partial charge is 0.0294 e. The van der Waals surface area contributed by atoms with Crippen LogP contribution in [0.1, 0.15) is 38.8 Å². The molecule has 1 heterocycles. The van der Waals surface area contributed by atoms with Crippen molar-refractivity contribution in [2.75, 3.05) is 13.1 Å². The van der Waals surface area contributed by atoms with Gasteiger partial charge >= 0.3 is 0 Å². The molecule has 1 aromatic carbocycles. The normalized spacial score (nSPS) is 23.2. The lowest BCUT2D eigenvalue weighted by Crippen LogP contribution is -2.36. The van der Waals surface area contributed by atoms with Gasteiger partial charge < -0.3 is 5.32 Å². The molecule has 1 aliphatic heterocycles. The largest absolute Gasteiger partial charge is 0.306 e. The van der Waals surface area contributed by atoms with Crippen molar-refractivity contribution in [3.8, 4) is 0 Å². The summed E-state index contributed by atoms with van der Waals surface area (Å²) >= 11 is 0. The van der Waals surface area contributed by atoms with E-state index in [-0.39, 0.29) is 0 Å². The van der Waals surface area contributed by atoms with Crippen LogP contribution in [-0.2, 0) is 0 Å². The number of nitrogens with zero attached hydrogens (tertiary/aromatic N) is 1. The van der Waals surface area contributed by atoms with E-state index in [9.17, 15) is 0 Å². The molecule has 1 aliphatic rings. The van der Waals surface area contributed by atoms with Crippen molar-refractivity contribution in [1.29, 1.82) is 0 Å². The van der Waals surface area contributed by atoms with Gasteiger partial charge in [0.05, 0.1) is 0 Å². The quantitative estimate of drug-likeness (QED) is 0.858. The lowest BCUT2D eigenvalue weighted by Gasteiger charge is -2.22. The Balaban J connectivity index is 1.86. The van der Waals surface area contributed by atoms with Crippen molar-refractivity contribution in [2.45, 2.75) is 45.3 Å². The van der Waals surface area contributed by atoms with Crippen molar-refractivity contribution >= 4 is 0 Å². The predicted octanol–water partition coefficient (Wildman–Crippen LogP) is 2.82. The molecular weight excluding hydrogens is 208 g/mol. The van der Waals surface area contributed by atoms with E-state index in [1.165, 1.54) is 25.1 Å². The molecule has 0 bridgehead atoms. The molecule has 2 atom stereocenters. The van der Waals surface area contributed by atoms with Gasteiger partial charge in [-0.05, 0) is 39.3 Å². The summed E-state index contributed by atoms with van der Waals surface area (Å²) in [7, 11) is 0. The number of nitrogens with one attached hydrogen (secondary N) is 1. The van der Waals surface area contributed by atoms with Crippen molar-refractivity contribution in [2.24, 2.45) is 0 Å². The lowest BCUT2D eigenvalue weighted by atomic mass is 10.1. The van der Waals surface area contributed by atoms with Crippen molar-refractivity contribution in [3.63, 3.8) is 0 Å². The fourth-order valence-corrected chi connectivity index (χ4v) is 2.58. The molecule has 2 heteroatoms. The zero-order valence-corrected chi connectivity index (χ0v) is 11.2. The molecule has 0 saturated carbocycles. The van der Waals surface area contributed by atoms with Crippen LogP contribution in [0.2, 0.25) is 0 Å². The average molecular weight is 232 g/mol. The predicted molar refractivity (Wildman–Crippen MR) is 73.1 cm³/mol. The molecule has 1 N–H and O–H groups in total. The van der Waals surface area contributed by atoms with Gasteiger partial charge in [0.25, 0.3) is 0 Å². The van der Waals surface area contributed by atoms with Gasteiger partial charge in [0.1, 0.15) is 0 Å². The van der Waals surface area contributed by atoms with Gasteiger partial charge in [0.2, 0.25) is 0 Å². The molecule has 1 saturated heterocycles. The molecule has 0 aliphatic carbocycles. The summed E-state index contributed by atoms with van der Waals surface area (Å²) in [6.07, 6.45) is 1.27. The minimum Gasteiger partial charge on any atom is -0.306 e. The Morgan fingerprint density at radius 2 is 1.88 bits per heavy atom. The van der Waals surface area contributed by atoms with Crippen LogP contribution in [0.25, 0.3) is 0 Å². The van der Waals surface area contributed by atoms with Crippen LogP contribution in [0.4, 0.5) is 0 Å². The van der Waals surface area contributed by atoms with E-state index in [4.69, 9.17) is 0 Å². The Hall–Kier alpha value is -0.860. The first-order valence-electron chi connectivity index (χ1n) is 6.72. The van der Waals surface area contributed by atoms with E-state index >= 15 is 0 Å². The molecule has 94 valence electrons. The van der Waals surface area contributed by atoms with Crippen molar-refractivity contribution in [3.05, 3.63) is 35.9 Å². The second-order valence-corrected chi connectivity index (χ2v) is 5.37. The van der Waals surface area contributed by atoms with Crippen molar-refractivity contribution in [1.82, 2.24) is 10.2 Å². The van der Waals surface area contributed by atoms with Crippen LogP contribution in [0.15, 0.2) is 30.3 Å². The van der Waals surface area contributed by atoms with E-state index in [0.717, 1.165) is 0 Å². The highest BCUT2D eigenvalue weighted by Crippen LogP contribution is 2.17. The molecule has 0 amide bonds. The summed E-state index contributed by atoms with van der Waals surface area (Å²) in [5, 5.41) is 3.74. The third kappa shape index (κ3) is 3.30. The Bertz CT molecular complexity index is 334. The topological polar surface area (TPSA) is 15.3 Å². The molecule has 1 aromatic rings. The first-order valence-corrected chi connectivity index (χ1v) is 6.72. The van der Waals surface area contributed by atoms with E-state index in [0.29, 0.717) is 18.1 Å². The second kappa shape index (κ2) is 5.65. The fraction of sp³-hybridized carbons (Fsp3) is 0.600. The molecule has 0 aromatic heterocycles. The summed E-state index contributed by atoms with van der Waals surface area (Å²) in [5.74, 6) is 0. The van der Waals surface area contributed by atoms with Crippen LogP contribution in [0.5, 0.6) is 0 Å². The van der Waals surface area contributed by atoms with Gasteiger partial charge in [-0.3, -0.25) is 4.90 Å². The minimum absolute atomic E-state index is 0.452. The maximum absolute atomic E-state index is 3.74. The van der Waals surface area contributed by atoms with E-state index < -0.39 is 0 Å². The lowest BCUT2D eigenvalue weighted by molar-refractivity contribution is 0.266. The van der Waals surface area contributed by atoms with Crippen molar-refractivity contribution < 1.29 is 0 Å². The molecule has 17 heavy (non-hydrogen) atoms. The van der Waals surface area contributed by atoms with Gasteiger partial charge in [-0.2, -0.15) is 0 Å². The Labute approximate surface area is 105 Å². The molecule has 0 radical (unpaired) electrons. The summed E-state index contributed by atoms with van der Waals surface area (Å²) in [5.41, 5.74) is 1.38. The number of rotatable bonds is 4. The van der Waals surface area contributed by atoms with Crippen LogP contribution in [-0.4, -0.2) is 30.1 Å². The van der Waals surface area contributed by atoms with Gasteiger partial charge in [0, 0.05) is 24.7 Å². The Morgan fingerprint density at radius 3 is 2.47 bits per heavy atom. The third-order valence-corrected chi connectivity index (χ3v) is 3.74. The maximum atomic E-state index is 3.74. The van der Waals surface area contributed by atoms with Crippen LogP contribution in [0.3, 0.4) is 0 Å². The van der Waals surface area contributed by atoms with E-state index in [1.54, 1.807) is 0 Å². The minimum atomic E-state index is 0.452. The zero-order chi connectivity index (χ0) is 12.3. The van der Waals surface area contributed by atoms with Crippen LogP contribution < -0.4 is 5.32 Å². The summed E-state index contributed by atoms with van der Waals surface area (Å²) < 4.78 is 0. The highest BCUT2D eigenvalue weighted by Gasteiger charge is 2.25. The third-order valence-electron chi connectivity index (χ3n) is 3.74. The Kier molecular flexibility index (Phi) is 4.19. The highest BCUT2D eigenvalue weighted by atomic mass is 15.2. The Morgan fingerprint density at radius 1 is 1.18 bits per heavy atom. The standard InChI is InChI=1S/C15H24N2/c1-12(2)17-10-9-15(11-17)16-13(3)14-7-5-4-6-8-14/h4-8,12-13,15-16H,9-11H2,1-3H3. The summed E-state index contributed by atoms with van der Waals surface area (Å²) in [6, 6.07) is 12.5. The molecule has 2 nitrogen and oxygen atoms in total. The van der Waals surface area contributed by atoms with Crippen LogP contribution in [0, 0.1) is 0 Å². The van der Waals surface area contributed by atoms with Gasteiger partial charge in [-0.25, -0.2) is 0 Å². The fourth-order valence-electron chi connectivity index (χ4n) is 2.58. The molecule has 0 spiro atoms.